The van der Waals surface area contributed by atoms with Gasteiger partial charge in [-0.15, -0.1) is 0 Å². The van der Waals surface area contributed by atoms with Crippen molar-refractivity contribution in [3.8, 4) is 0 Å². The minimum absolute atomic E-state index is 0.0336. The molecule has 128 valence electrons. The second-order valence-electron chi connectivity index (χ2n) is 6.39. The van der Waals surface area contributed by atoms with Gasteiger partial charge in [0.15, 0.2) is 5.43 Å². The zero-order valence-corrected chi connectivity index (χ0v) is 13.9. The van der Waals surface area contributed by atoms with E-state index in [1.54, 1.807) is 11.1 Å². The second kappa shape index (κ2) is 6.18. The summed E-state index contributed by atoms with van der Waals surface area (Å²) in [6.07, 6.45) is 3.58. The number of carbonyl (C=O) groups excluding carboxylic acids is 1. The lowest BCUT2D eigenvalue weighted by Crippen LogP contribution is -2.48. The van der Waals surface area contributed by atoms with Crippen molar-refractivity contribution in [3.05, 3.63) is 63.7 Å². The van der Waals surface area contributed by atoms with E-state index in [0.717, 1.165) is 11.1 Å². The number of nitrogens with zero attached hydrogens (tertiary/aromatic N) is 2. The van der Waals surface area contributed by atoms with Crippen molar-refractivity contribution in [3.63, 3.8) is 0 Å². The number of aromatic nitrogens is 3. The Kier molecular flexibility index (Phi) is 3.85. The molecule has 0 radical (unpaired) electrons. The molecule has 25 heavy (non-hydrogen) atoms. The SMILES string of the molecule is Cc1ccc2[nH]c(C(=O)N3CCNC(c4cn[nH]c4)C3)cc(=O)c2c1. The van der Waals surface area contributed by atoms with Gasteiger partial charge in [0.25, 0.3) is 5.91 Å². The lowest BCUT2D eigenvalue weighted by molar-refractivity contribution is 0.0697. The van der Waals surface area contributed by atoms with Crippen molar-refractivity contribution >= 4 is 16.8 Å². The predicted octanol–water partition coefficient (Wildman–Crippen LogP) is 1.35. The van der Waals surface area contributed by atoms with E-state index in [2.05, 4.69) is 20.5 Å². The summed E-state index contributed by atoms with van der Waals surface area (Å²) in [7, 11) is 0. The molecule has 1 aliphatic rings. The molecular weight excluding hydrogens is 318 g/mol. The summed E-state index contributed by atoms with van der Waals surface area (Å²) in [5, 5.41) is 10.7. The molecule has 0 aliphatic carbocycles. The Morgan fingerprint density at radius 1 is 1.32 bits per heavy atom. The third-order valence-electron chi connectivity index (χ3n) is 4.60. The van der Waals surface area contributed by atoms with Crippen LogP contribution in [0.25, 0.3) is 10.9 Å². The molecule has 3 heterocycles. The maximum atomic E-state index is 12.9. The van der Waals surface area contributed by atoms with Crippen molar-refractivity contribution < 1.29 is 4.79 Å². The highest BCUT2D eigenvalue weighted by Crippen LogP contribution is 2.18. The average molecular weight is 337 g/mol. The van der Waals surface area contributed by atoms with Crippen molar-refractivity contribution in [1.82, 2.24) is 25.4 Å². The van der Waals surface area contributed by atoms with Crippen LogP contribution in [-0.2, 0) is 0 Å². The molecular formula is C18H19N5O2. The maximum Gasteiger partial charge on any atom is 0.270 e. The predicted molar refractivity (Wildman–Crippen MR) is 94.5 cm³/mol. The molecule has 7 heteroatoms. The summed E-state index contributed by atoms with van der Waals surface area (Å²) in [5.41, 5.74) is 2.90. The molecule has 4 rings (SSSR count). The summed E-state index contributed by atoms with van der Waals surface area (Å²) in [6.45, 7) is 3.76. The highest BCUT2D eigenvalue weighted by molar-refractivity contribution is 5.95. The molecule has 0 spiro atoms. The first-order chi connectivity index (χ1) is 12.1. The van der Waals surface area contributed by atoms with E-state index in [0.29, 0.717) is 36.2 Å². The normalized spacial score (nSPS) is 17.8. The Morgan fingerprint density at radius 2 is 2.20 bits per heavy atom. The van der Waals surface area contributed by atoms with Gasteiger partial charge in [0.05, 0.1) is 12.2 Å². The van der Waals surface area contributed by atoms with Crippen LogP contribution in [0.1, 0.15) is 27.7 Å². The molecule has 1 aliphatic heterocycles. The van der Waals surface area contributed by atoms with E-state index in [4.69, 9.17) is 0 Å². The minimum Gasteiger partial charge on any atom is -0.350 e. The Morgan fingerprint density at radius 3 is 3.00 bits per heavy atom. The first kappa shape index (κ1) is 15.6. The average Bonchev–Trinajstić information content (AvgIpc) is 3.16. The molecule has 3 N–H and O–H groups in total. The number of H-pyrrole nitrogens is 2. The molecule has 1 fully saturated rings. The van der Waals surface area contributed by atoms with Gasteiger partial charge in [-0.2, -0.15) is 5.10 Å². The molecule has 1 aromatic carbocycles. The van der Waals surface area contributed by atoms with Gasteiger partial charge in [0.2, 0.25) is 0 Å². The molecule has 7 nitrogen and oxygen atoms in total. The zero-order valence-electron chi connectivity index (χ0n) is 13.9. The maximum absolute atomic E-state index is 12.9. The van der Waals surface area contributed by atoms with Gasteiger partial charge in [0.1, 0.15) is 5.69 Å². The van der Waals surface area contributed by atoms with Gasteiger partial charge < -0.3 is 15.2 Å². The fraction of sp³-hybridized carbons (Fsp3) is 0.278. The highest BCUT2D eigenvalue weighted by Gasteiger charge is 2.26. The smallest absolute Gasteiger partial charge is 0.270 e. The fourth-order valence-corrected chi connectivity index (χ4v) is 3.26. The molecule has 1 saturated heterocycles. The molecule has 3 aromatic rings. The van der Waals surface area contributed by atoms with Crippen molar-refractivity contribution in [2.45, 2.75) is 13.0 Å². The Hall–Kier alpha value is -2.93. The Balaban J connectivity index is 1.63. The lowest BCUT2D eigenvalue weighted by Gasteiger charge is -2.33. The number of carbonyl (C=O) groups is 1. The molecule has 1 amide bonds. The third-order valence-corrected chi connectivity index (χ3v) is 4.60. The lowest BCUT2D eigenvalue weighted by atomic mass is 10.1. The molecule has 0 bridgehead atoms. The van der Waals surface area contributed by atoms with Crippen LogP contribution in [0.5, 0.6) is 0 Å². The summed E-state index contributed by atoms with van der Waals surface area (Å²) in [4.78, 5) is 30.1. The van der Waals surface area contributed by atoms with E-state index in [-0.39, 0.29) is 17.4 Å². The van der Waals surface area contributed by atoms with Crippen LogP contribution in [0.3, 0.4) is 0 Å². The van der Waals surface area contributed by atoms with Gasteiger partial charge in [-0.1, -0.05) is 11.6 Å². The number of aryl methyl sites for hydroxylation is 1. The molecule has 1 unspecified atom stereocenters. The number of benzene rings is 1. The monoisotopic (exact) mass is 337 g/mol. The molecule has 1 atom stereocenters. The summed E-state index contributed by atoms with van der Waals surface area (Å²) in [6, 6.07) is 7.04. The fourth-order valence-electron chi connectivity index (χ4n) is 3.26. The van der Waals surface area contributed by atoms with Crippen LogP contribution >= 0.6 is 0 Å². The Labute approximate surface area is 144 Å². The number of hydrogen-bond acceptors (Lipinski definition) is 4. The van der Waals surface area contributed by atoms with Crippen LogP contribution < -0.4 is 10.7 Å². The van der Waals surface area contributed by atoms with Crippen LogP contribution in [0, 0.1) is 6.92 Å². The van der Waals surface area contributed by atoms with Crippen molar-refractivity contribution in [2.75, 3.05) is 19.6 Å². The van der Waals surface area contributed by atoms with E-state index in [1.165, 1.54) is 6.07 Å². The topological polar surface area (TPSA) is 93.9 Å². The quantitative estimate of drug-likeness (QED) is 0.658. The number of pyridine rings is 1. The summed E-state index contributed by atoms with van der Waals surface area (Å²) in [5.74, 6) is -0.158. The van der Waals surface area contributed by atoms with Gasteiger partial charge in [-0.05, 0) is 19.1 Å². The molecule has 2 aromatic heterocycles. The Bertz CT molecular complexity index is 977. The number of hydrogen-bond donors (Lipinski definition) is 3. The van der Waals surface area contributed by atoms with Crippen LogP contribution in [0.15, 0.2) is 41.5 Å². The van der Waals surface area contributed by atoms with E-state index in [1.807, 2.05) is 31.3 Å². The van der Waals surface area contributed by atoms with E-state index < -0.39 is 0 Å². The van der Waals surface area contributed by atoms with Crippen LogP contribution in [-0.4, -0.2) is 45.6 Å². The van der Waals surface area contributed by atoms with E-state index >= 15 is 0 Å². The number of amides is 1. The van der Waals surface area contributed by atoms with Crippen molar-refractivity contribution in [2.24, 2.45) is 0 Å². The van der Waals surface area contributed by atoms with Gasteiger partial charge >= 0.3 is 0 Å². The first-order valence-electron chi connectivity index (χ1n) is 8.27. The van der Waals surface area contributed by atoms with Crippen molar-refractivity contribution in [1.29, 1.82) is 0 Å². The van der Waals surface area contributed by atoms with E-state index in [9.17, 15) is 9.59 Å². The number of piperazine rings is 1. The third kappa shape index (κ3) is 2.94. The number of aromatic amines is 2. The minimum atomic E-state index is -0.158. The zero-order chi connectivity index (χ0) is 17.4. The number of rotatable bonds is 2. The van der Waals surface area contributed by atoms with Crippen LogP contribution in [0.2, 0.25) is 0 Å². The molecule has 0 saturated carbocycles. The highest BCUT2D eigenvalue weighted by atomic mass is 16.2. The second-order valence-corrected chi connectivity index (χ2v) is 6.39. The largest absolute Gasteiger partial charge is 0.350 e. The number of nitrogens with one attached hydrogen (secondary N) is 3. The first-order valence-corrected chi connectivity index (χ1v) is 8.27. The van der Waals surface area contributed by atoms with Gasteiger partial charge in [-0.25, -0.2) is 0 Å². The standard InChI is InChI=1S/C18H19N5O2/c1-11-2-3-14-13(6-11)17(24)7-15(22-14)18(25)23-5-4-19-16(10-23)12-8-20-21-9-12/h2-3,6-9,16,19H,4-5,10H2,1H3,(H,20,21)(H,22,24). The summed E-state index contributed by atoms with van der Waals surface area (Å²) >= 11 is 0. The summed E-state index contributed by atoms with van der Waals surface area (Å²) < 4.78 is 0. The van der Waals surface area contributed by atoms with Crippen LogP contribution in [0.4, 0.5) is 0 Å². The number of fused-ring (bicyclic) bond motifs is 1. The van der Waals surface area contributed by atoms with Gasteiger partial charge in [-0.3, -0.25) is 14.7 Å². The van der Waals surface area contributed by atoms with Gasteiger partial charge in [0, 0.05) is 48.4 Å².